The summed E-state index contributed by atoms with van der Waals surface area (Å²) in [4.78, 5) is 2.44. The Labute approximate surface area is 132 Å². The van der Waals surface area contributed by atoms with Crippen LogP contribution in [0, 0.1) is 11.2 Å². The summed E-state index contributed by atoms with van der Waals surface area (Å²) in [6.45, 7) is 11.6. The van der Waals surface area contributed by atoms with E-state index in [1.807, 2.05) is 6.07 Å². The van der Waals surface area contributed by atoms with Gasteiger partial charge in [-0.05, 0) is 23.5 Å². The van der Waals surface area contributed by atoms with Crippen molar-refractivity contribution >= 4 is 11.6 Å². The number of rotatable bonds is 3. The minimum absolute atomic E-state index is 0.211. The lowest BCUT2D eigenvalue weighted by Crippen LogP contribution is -2.59. The molecule has 0 aliphatic carbocycles. The summed E-state index contributed by atoms with van der Waals surface area (Å²) in [5.74, 6) is -0.329. The minimum Gasteiger partial charge on any atom is -0.311 e. The summed E-state index contributed by atoms with van der Waals surface area (Å²) in [6, 6.07) is 5.99. The van der Waals surface area contributed by atoms with Gasteiger partial charge in [-0.3, -0.25) is 4.90 Å². The third-order valence-electron chi connectivity index (χ3n) is 4.45. The van der Waals surface area contributed by atoms with E-state index in [9.17, 15) is 4.39 Å². The molecule has 0 radical (unpaired) electrons. The SMILES string of the molecule is CCC1CNC(C(C)(C)C)CN1Cc1cccc(F)c1Cl. The van der Waals surface area contributed by atoms with Gasteiger partial charge in [0.25, 0.3) is 0 Å². The molecule has 0 amide bonds. The highest BCUT2D eigenvalue weighted by Crippen LogP contribution is 2.27. The van der Waals surface area contributed by atoms with Gasteiger partial charge in [-0.15, -0.1) is 0 Å². The Balaban J connectivity index is 2.16. The predicted octanol–water partition coefficient (Wildman–Crippen LogP) is 4.08. The van der Waals surface area contributed by atoms with Crippen LogP contribution in [0.25, 0.3) is 0 Å². The van der Waals surface area contributed by atoms with E-state index in [0.29, 0.717) is 18.6 Å². The highest BCUT2D eigenvalue weighted by Gasteiger charge is 2.33. The van der Waals surface area contributed by atoms with Crippen molar-refractivity contribution in [2.45, 2.75) is 52.7 Å². The molecule has 0 saturated carbocycles. The molecule has 2 unspecified atom stereocenters. The molecular weight excluding hydrogens is 287 g/mol. The summed E-state index contributed by atoms with van der Waals surface area (Å²) in [6.07, 6.45) is 1.08. The lowest BCUT2D eigenvalue weighted by Gasteiger charge is -2.45. The first-order chi connectivity index (χ1) is 9.82. The number of hydrogen-bond acceptors (Lipinski definition) is 2. The van der Waals surface area contributed by atoms with Gasteiger partial charge in [-0.25, -0.2) is 4.39 Å². The zero-order valence-electron chi connectivity index (χ0n) is 13.4. The summed E-state index contributed by atoms with van der Waals surface area (Å²) in [5, 5.41) is 3.92. The van der Waals surface area contributed by atoms with Gasteiger partial charge in [0.2, 0.25) is 0 Å². The van der Waals surface area contributed by atoms with Crippen LogP contribution in [-0.4, -0.2) is 30.1 Å². The van der Waals surface area contributed by atoms with Crippen LogP contribution < -0.4 is 5.32 Å². The second-order valence-electron chi connectivity index (χ2n) is 7.03. The molecular formula is C17H26ClFN2. The molecule has 118 valence electrons. The molecule has 0 aromatic heterocycles. The molecule has 2 atom stereocenters. The van der Waals surface area contributed by atoms with Crippen molar-refractivity contribution in [1.82, 2.24) is 10.2 Å². The Morgan fingerprint density at radius 2 is 2.10 bits per heavy atom. The van der Waals surface area contributed by atoms with Gasteiger partial charge in [0.15, 0.2) is 0 Å². The van der Waals surface area contributed by atoms with E-state index >= 15 is 0 Å². The van der Waals surface area contributed by atoms with Crippen LogP contribution >= 0.6 is 11.6 Å². The number of hydrogen-bond donors (Lipinski definition) is 1. The smallest absolute Gasteiger partial charge is 0.142 e. The van der Waals surface area contributed by atoms with E-state index in [2.05, 4.69) is 37.9 Å². The van der Waals surface area contributed by atoms with Gasteiger partial charge in [-0.2, -0.15) is 0 Å². The Morgan fingerprint density at radius 1 is 1.38 bits per heavy atom. The van der Waals surface area contributed by atoms with E-state index in [4.69, 9.17) is 11.6 Å². The lowest BCUT2D eigenvalue weighted by atomic mass is 9.84. The molecule has 0 spiro atoms. The molecule has 2 nitrogen and oxygen atoms in total. The third-order valence-corrected chi connectivity index (χ3v) is 4.88. The predicted molar refractivity (Wildman–Crippen MR) is 87.1 cm³/mol. The maximum Gasteiger partial charge on any atom is 0.142 e. The van der Waals surface area contributed by atoms with Gasteiger partial charge in [0, 0.05) is 31.7 Å². The van der Waals surface area contributed by atoms with E-state index in [1.54, 1.807) is 6.07 Å². The van der Waals surface area contributed by atoms with Crippen LogP contribution in [0.3, 0.4) is 0 Å². The molecule has 1 aromatic carbocycles. The van der Waals surface area contributed by atoms with E-state index in [0.717, 1.165) is 25.1 Å². The average Bonchev–Trinajstić information content (AvgIpc) is 2.43. The second-order valence-corrected chi connectivity index (χ2v) is 7.41. The maximum atomic E-state index is 13.6. The van der Waals surface area contributed by atoms with Gasteiger partial charge < -0.3 is 5.32 Å². The molecule has 2 rings (SSSR count). The molecule has 1 aliphatic heterocycles. The van der Waals surface area contributed by atoms with Crippen molar-refractivity contribution in [3.63, 3.8) is 0 Å². The van der Waals surface area contributed by atoms with Crippen LogP contribution in [0.2, 0.25) is 5.02 Å². The number of benzene rings is 1. The van der Waals surface area contributed by atoms with E-state index in [-0.39, 0.29) is 16.3 Å². The molecule has 0 bridgehead atoms. The van der Waals surface area contributed by atoms with Gasteiger partial charge in [0.05, 0.1) is 5.02 Å². The summed E-state index contributed by atoms with van der Waals surface area (Å²) in [7, 11) is 0. The van der Waals surface area contributed by atoms with Crippen molar-refractivity contribution < 1.29 is 4.39 Å². The fraction of sp³-hybridized carbons (Fsp3) is 0.647. The van der Waals surface area contributed by atoms with E-state index < -0.39 is 0 Å². The summed E-state index contributed by atoms with van der Waals surface area (Å²) < 4.78 is 13.6. The first-order valence-corrected chi connectivity index (χ1v) is 8.11. The average molecular weight is 313 g/mol. The first kappa shape index (κ1) is 16.7. The van der Waals surface area contributed by atoms with Crippen molar-refractivity contribution in [3.8, 4) is 0 Å². The van der Waals surface area contributed by atoms with Crippen molar-refractivity contribution in [3.05, 3.63) is 34.6 Å². The van der Waals surface area contributed by atoms with Crippen molar-refractivity contribution in [2.75, 3.05) is 13.1 Å². The number of halogens is 2. The Hall–Kier alpha value is -0.640. The number of piperazine rings is 1. The second kappa shape index (κ2) is 6.64. The molecule has 1 heterocycles. The summed E-state index contributed by atoms with van der Waals surface area (Å²) >= 11 is 6.11. The van der Waals surface area contributed by atoms with Crippen LogP contribution in [0.1, 0.15) is 39.7 Å². The van der Waals surface area contributed by atoms with Crippen LogP contribution in [-0.2, 0) is 6.54 Å². The topological polar surface area (TPSA) is 15.3 Å². The highest BCUT2D eigenvalue weighted by molar-refractivity contribution is 6.31. The lowest BCUT2D eigenvalue weighted by molar-refractivity contribution is 0.0774. The summed E-state index contributed by atoms with van der Waals surface area (Å²) in [5.41, 5.74) is 1.09. The zero-order valence-corrected chi connectivity index (χ0v) is 14.2. The maximum absolute atomic E-state index is 13.6. The Bertz CT molecular complexity index is 484. The normalized spacial score (nSPS) is 24.3. The first-order valence-electron chi connectivity index (χ1n) is 7.73. The largest absolute Gasteiger partial charge is 0.311 e. The minimum atomic E-state index is -0.329. The monoisotopic (exact) mass is 312 g/mol. The fourth-order valence-electron chi connectivity index (χ4n) is 2.92. The standard InChI is InChI=1S/C17H26ClFN2/c1-5-13-9-20-15(17(2,3)4)11-21(13)10-12-7-6-8-14(19)16(12)18/h6-8,13,15,20H,5,9-11H2,1-4H3. The highest BCUT2D eigenvalue weighted by atomic mass is 35.5. The van der Waals surface area contributed by atoms with Crippen LogP contribution in [0.5, 0.6) is 0 Å². The Kier molecular flexibility index (Phi) is 5.29. The number of nitrogens with one attached hydrogen (secondary N) is 1. The molecule has 4 heteroatoms. The van der Waals surface area contributed by atoms with Crippen LogP contribution in [0.4, 0.5) is 4.39 Å². The molecule has 1 N–H and O–H groups in total. The van der Waals surface area contributed by atoms with Gasteiger partial charge in [-0.1, -0.05) is 51.4 Å². The fourth-order valence-corrected chi connectivity index (χ4v) is 3.11. The number of nitrogens with zero attached hydrogens (tertiary/aromatic N) is 1. The quantitative estimate of drug-likeness (QED) is 0.905. The molecule has 1 fully saturated rings. The Morgan fingerprint density at radius 3 is 2.71 bits per heavy atom. The molecule has 21 heavy (non-hydrogen) atoms. The zero-order chi connectivity index (χ0) is 15.6. The van der Waals surface area contributed by atoms with Crippen molar-refractivity contribution in [1.29, 1.82) is 0 Å². The third kappa shape index (κ3) is 3.97. The van der Waals surface area contributed by atoms with Gasteiger partial charge in [0.1, 0.15) is 5.82 Å². The van der Waals surface area contributed by atoms with Crippen LogP contribution in [0.15, 0.2) is 18.2 Å². The molecule has 1 saturated heterocycles. The molecule has 1 aliphatic rings. The van der Waals surface area contributed by atoms with E-state index in [1.165, 1.54) is 6.07 Å². The molecule has 1 aromatic rings. The van der Waals surface area contributed by atoms with Crippen molar-refractivity contribution in [2.24, 2.45) is 5.41 Å². The van der Waals surface area contributed by atoms with Gasteiger partial charge >= 0.3 is 0 Å².